The van der Waals surface area contributed by atoms with Crippen LogP contribution in [-0.4, -0.2) is 0 Å². The minimum absolute atomic E-state index is 0. The predicted molar refractivity (Wildman–Crippen MR) is 26.8 cm³/mol. The second kappa shape index (κ2) is 3.46. The van der Waals surface area contributed by atoms with Gasteiger partial charge in [0.25, 0.3) is 0 Å². The molecule has 1 radical (unpaired) electrons. The van der Waals surface area contributed by atoms with Gasteiger partial charge in [-0.05, 0) is 0 Å². The van der Waals surface area contributed by atoms with E-state index in [0.29, 0.717) is 0 Å². The molecule has 0 amide bonds. The molecule has 0 aliphatic heterocycles. The standard InChI is InChI=1S/C6H7.Y/c1-6-4-2-3-5-6;/h2-5H,1H3;/q-1;. The molecule has 0 N–H and O–H groups in total. The van der Waals surface area contributed by atoms with Gasteiger partial charge in [-0.2, -0.15) is 17.7 Å². The van der Waals surface area contributed by atoms with E-state index in [1.807, 2.05) is 12.1 Å². The first kappa shape index (κ1) is 7.45. The van der Waals surface area contributed by atoms with E-state index in [2.05, 4.69) is 19.1 Å². The Morgan fingerprint density at radius 2 is 1.57 bits per heavy atom. The fourth-order valence-corrected chi connectivity index (χ4v) is 0.470. The molecule has 35 valence electrons. The average molecular weight is 168 g/mol. The Balaban J connectivity index is 0.000000360. The normalized spacial score (nSPS) is 7.57. The van der Waals surface area contributed by atoms with Crippen molar-refractivity contribution in [3.63, 3.8) is 0 Å². The predicted octanol–water partition coefficient (Wildman–Crippen LogP) is 1.71. The van der Waals surface area contributed by atoms with E-state index in [9.17, 15) is 0 Å². The molecule has 0 atom stereocenters. The van der Waals surface area contributed by atoms with Gasteiger partial charge in [0.1, 0.15) is 0 Å². The van der Waals surface area contributed by atoms with Crippen LogP contribution < -0.4 is 0 Å². The van der Waals surface area contributed by atoms with E-state index >= 15 is 0 Å². The molecule has 1 rings (SSSR count). The quantitative estimate of drug-likeness (QED) is 0.517. The summed E-state index contributed by atoms with van der Waals surface area (Å²) in [4.78, 5) is 0. The Bertz CT molecular complexity index is 108. The molecule has 0 heterocycles. The fraction of sp³-hybridized carbons (Fsp3) is 0.167. The van der Waals surface area contributed by atoms with Crippen molar-refractivity contribution in [2.75, 3.05) is 0 Å². The zero-order valence-electron chi connectivity index (χ0n) is 4.39. The van der Waals surface area contributed by atoms with Crippen molar-refractivity contribution in [2.24, 2.45) is 0 Å². The molecule has 0 bridgehead atoms. The maximum Gasteiger partial charge on any atom is 0 e. The van der Waals surface area contributed by atoms with Crippen molar-refractivity contribution in [3.8, 4) is 0 Å². The summed E-state index contributed by atoms with van der Waals surface area (Å²) < 4.78 is 0. The molecule has 7 heavy (non-hydrogen) atoms. The number of hydrogen-bond acceptors (Lipinski definition) is 0. The summed E-state index contributed by atoms with van der Waals surface area (Å²) in [5.41, 5.74) is 1.34. The Labute approximate surface area is 69.2 Å². The molecule has 1 heteroatoms. The van der Waals surface area contributed by atoms with Crippen molar-refractivity contribution in [3.05, 3.63) is 29.8 Å². The second-order valence-electron chi connectivity index (χ2n) is 1.46. The number of hydrogen-bond donors (Lipinski definition) is 0. The first-order valence-electron chi connectivity index (χ1n) is 2.08. The van der Waals surface area contributed by atoms with Crippen molar-refractivity contribution in [1.82, 2.24) is 0 Å². The van der Waals surface area contributed by atoms with Crippen molar-refractivity contribution < 1.29 is 32.7 Å². The topological polar surface area (TPSA) is 0 Å². The van der Waals surface area contributed by atoms with Gasteiger partial charge in [-0.25, -0.2) is 12.1 Å². The Kier molecular flexibility index (Phi) is 3.68. The third-order valence-electron chi connectivity index (χ3n) is 0.829. The zero-order chi connectivity index (χ0) is 4.41. The molecular formula is C6H7Y-. The molecule has 1 aromatic rings. The fourth-order valence-electron chi connectivity index (χ4n) is 0.470. The zero-order valence-corrected chi connectivity index (χ0v) is 7.23. The largest absolute Gasteiger partial charge is 0.213 e. The van der Waals surface area contributed by atoms with Crippen LogP contribution in [0, 0.1) is 6.92 Å². The molecule has 0 saturated heterocycles. The molecule has 0 aliphatic carbocycles. The first-order valence-corrected chi connectivity index (χ1v) is 2.08. The first-order chi connectivity index (χ1) is 2.89. The monoisotopic (exact) mass is 168 g/mol. The van der Waals surface area contributed by atoms with Crippen LogP contribution in [0.1, 0.15) is 5.56 Å². The third kappa shape index (κ3) is 2.30. The molecule has 0 fully saturated rings. The molecule has 0 spiro atoms. The van der Waals surface area contributed by atoms with E-state index in [1.165, 1.54) is 5.56 Å². The van der Waals surface area contributed by atoms with Gasteiger partial charge in [-0.3, -0.25) is 0 Å². The van der Waals surface area contributed by atoms with Gasteiger partial charge in [0.05, 0.1) is 0 Å². The number of aryl methyl sites for hydroxylation is 1. The molecule has 0 nitrogen and oxygen atoms in total. The summed E-state index contributed by atoms with van der Waals surface area (Å²) >= 11 is 0. The summed E-state index contributed by atoms with van der Waals surface area (Å²) in [5.74, 6) is 0. The molecule has 0 saturated carbocycles. The van der Waals surface area contributed by atoms with E-state index in [4.69, 9.17) is 0 Å². The summed E-state index contributed by atoms with van der Waals surface area (Å²) in [6.07, 6.45) is 0. The Hall–Kier alpha value is 0.454. The SMILES string of the molecule is C[c-]1cccc1.[Y]. The van der Waals surface area contributed by atoms with Crippen LogP contribution >= 0.6 is 0 Å². The molecule has 0 unspecified atom stereocenters. The molecular weight excluding hydrogens is 161 g/mol. The third-order valence-corrected chi connectivity index (χ3v) is 0.829. The van der Waals surface area contributed by atoms with Crippen LogP contribution in [0.15, 0.2) is 24.3 Å². The summed E-state index contributed by atoms with van der Waals surface area (Å²) in [7, 11) is 0. The van der Waals surface area contributed by atoms with Crippen LogP contribution in [0.25, 0.3) is 0 Å². The van der Waals surface area contributed by atoms with Gasteiger partial charge in [0.2, 0.25) is 0 Å². The smallest absolute Gasteiger partial charge is 0 e. The van der Waals surface area contributed by atoms with Gasteiger partial charge in [-0.1, -0.05) is 6.92 Å². The maximum atomic E-state index is 2.08. The summed E-state index contributed by atoms with van der Waals surface area (Å²) in [6.45, 7) is 2.08. The van der Waals surface area contributed by atoms with E-state index in [1.54, 1.807) is 0 Å². The number of rotatable bonds is 0. The maximum absolute atomic E-state index is 2.08. The second-order valence-corrected chi connectivity index (χ2v) is 1.46. The average Bonchev–Trinajstić information content (AvgIpc) is 1.86. The Morgan fingerprint density at radius 1 is 1.14 bits per heavy atom. The summed E-state index contributed by atoms with van der Waals surface area (Å²) in [5, 5.41) is 0. The van der Waals surface area contributed by atoms with E-state index in [-0.39, 0.29) is 32.7 Å². The van der Waals surface area contributed by atoms with Gasteiger partial charge < -0.3 is 0 Å². The van der Waals surface area contributed by atoms with Crippen LogP contribution in [0.3, 0.4) is 0 Å². The molecule has 0 aliphatic rings. The summed E-state index contributed by atoms with van der Waals surface area (Å²) in [6, 6.07) is 8.24. The van der Waals surface area contributed by atoms with Gasteiger partial charge >= 0.3 is 0 Å². The van der Waals surface area contributed by atoms with Gasteiger partial charge in [-0.15, -0.1) is 0 Å². The van der Waals surface area contributed by atoms with Crippen molar-refractivity contribution >= 4 is 0 Å². The minimum Gasteiger partial charge on any atom is -0.213 e. The molecule has 0 aromatic heterocycles. The van der Waals surface area contributed by atoms with Gasteiger partial charge in [0, 0.05) is 32.7 Å². The van der Waals surface area contributed by atoms with Crippen LogP contribution in [0.4, 0.5) is 0 Å². The minimum atomic E-state index is 0. The van der Waals surface area contributed by atoms with Crippen LogP contribution in [-0.2, 0) is 32.7 Å². The van der Waals surface area contributed by atoms with E-state index in [0.717, 1.165) is 0 Å². The van der Waals surface area contributed by atoms with Crippen molar-refractivity contribution in [1.29, 1.82) is 0 Å². The van der Waals surface area contributed by atoms with Gasteiger partial charge in [0.15, 0.2) is 0 Å². The van der Waals surface area contributed by atoms with Crippen LogP contribution in [0.2, 0.25) is 0 Å². The molecule has 1 aromatic carbocycles. The van der Waals surface area contributed by atoms with Crippen LogP contribution in [0.5, 0.6) is 0 Å². The van der Waals surface area contributed by atoms with Crippen molar-refractivity contribution in [2.45, 2.75) is 6.92 Å². The Morgan fingerprint density at radius 3 is 1.71 bits per heavy atom. The van der Waals surface area contributed by atoms with E-state index < -0.39 is 0 Å².